The first kappa shape index (κ1) is 15.2. The van der Waals surface area contributed by atoms with Crippen LogP contribution < -0.4 is 5.32 Å². The van der Waals surface area contributed by atoms with E-state index in [2.05, 4.69) is 45.4 Å². The number of rotatable bonds is 6. The van der Waals surface area contributed by atoms with Crippen molar-refractivity contribution in [2.24, 2.45) is 7.05 Å². The zero-order valence-electron chi connectivity index (χ0n) is 11.8. The van der Waals surface area contributed by atoms with Crippen LogP contribution >= 0.6 is 15.9 Å². The third-order valence-corrected chi connectivity index (χ3v) is 3.89. The molecule has 2 atom stereocenters. The fourth-order valence-electron chi connectivity index (χ4n) is 2.16. The summed E-state index contributed by atoms with van der Waals surface area (Å²) >= 11 is 3.49. The summed E-state index contributed by atoms with van der Waals surface area (Å²) in [6.07, 6.45) is 3.72. The largest absolute Gasteiger partial charge is 0.394 e. The molecule has 5 heteroatoms. The quantitative estimate of drug-likeness (QED) is 0.851. The maximum Gasteiger partial charge on any atom is 0.0627 e. The van der Waals surface area contributed by atoms with Crippen molar-refractivity contribution >= 4 is 15.9 Å². The van der Waals surface area contributed by atoms with Crippen LogP contribution in [-0.4, -0.2) is 28.0 Å². The zero-order valence-corrected chi connectivity index (χ0v) is 13.3. The van der Waals surface area contributed by atoms with Gasteiger partial charge in [0.15, 0.2) is 0 Å². The summed E-state index contributed by atoms with van der Waals surface area (Å²) in [6, 6.07) is 8.24. The zero-order chi connectivity index (χ0) is 14.5. The second-order valence-corrected chi connectivity index (χ2v) is 5.96. The van der Waals surface area contributed by atoms with Crippen molar-refractivity contribution in [1.82, 2.24) is 15.1 Å². The molecule has 1 aromatic heterocycles. The summed E-state index contributed by atoms with van der Waals surface area (Å²) in [5.74, 6) is 0.373. The van der Waals surface area contributed by atoms with Gasteiger partial charge in [-0.3, -0.25) is 4.68 Å². The molecule has 2 N–H and O–H groups in total. The van der Waals surface area contributed by atoms with Gasteiger partial charge in [-0.2, -0.15) is 5.10 Å². The highest BCUT2D eigenvalue weighted by Gasteiger charge is 2.14. The van der Waals surface area contributed by atoms with Crippen LogP contribution in [0, 0.1) is 0 Å². The number of benzene rings is 1. The standard InChI is InChI=1S/C15H20BrN3O/c1-11(12-4-3-5-14(16)6-12)7-17-15(10-20)13-8-18-19(2)9-13/h3-6,8-9,11,15,17,20H,7,10H2,1-2H3. The lowest BCUT2D eigenvalue weighted by Crippen LogP contribution is -2.27. The van der Waals surface area contributed by atoms with Crippen LogP contribution in [0.3, 0.4) is 0 Å². The van der Waals surface area contributed by atoms with Crippen molar-refractivity contribution in [3.8, 4) is 0 Å². The molecule has 0 saturated heterocycles. The molecule has 108 valence electrons. The molecule has 0 spiro atoms. The predicted octanol–water partition coefficient (Wildman–Crippen LogP) is 2.61. The first-order valence-electron chi connectivity index (χ1n) is 6.68. The highest BCUT2D eigenvalue weighted by molar-refractivity contribution is 9.10. The second kappa shape index (κ2) is 7.02. The predicted molar refractivity (Wildman–Crippen MR) is 83.6 cm³/mol. The summed E-state index contributed by atoms with van der Waals surface area (Å²) in [5.41, 5.74) is 2.28. The number of hydrogen-bond donors (Lipinski definition) is 2. The topological polar surface area (TPSA) is 50.1 Å². The number of aromatic nitrogens is 2. The fourth-order valence-corrected chi connectivity index (χ4v) is 2.57. The molecule has 2 unspecified atom stereocenters. The first-order chi connectivity index (χ1) is 9.60. The van der Waals surface area contributed by atoms with Gasteiger partial charge in [-0.25, -0.2) is 0 Å². The maximum atomic E-state index is 9.51. The van der Waals surface area contributed by atoms with Crippen molar-refractivity contribution in [3.05, 3.63) is 52.3 Å². The minimum Gasteiger partial charge on any atom is -0.394 e. The number of hydrogen-bond acceptors (Lipinski definition) is 3. The molecule has 0 aliphatic carbocycles. The van der Waals surface area contributed by atoms with E-state index in [0.29, 0.717) is 5.92 Å². The van der Waals surface area contributed by atoms with E-state index in [0.717, 1.165) is 16.6 Å². The Kier molecular flexibility index (Phi) is 5.34. The molecular weight excluding hydrogens is 318 g/mol. The van der Waals surface area contributed by atoms with E-state index in [9.17, 15) is 5.11 Å². The van der Waals surface area contributed by atoms with Crippen LogP contribution in [0.25, 0.3) is 0 Å². The fraction of sp³-hybridized carbons (Fsp3) is 0.400. The number of aliphatic hydroxyl groups excluding tert-OH is 1. The van der Waals surface area contributed by atoms with E-state index in [1.807, 2.05) is 25.4 Å². The third kappa shape index (κ3) is 3.91. The summed E-state index contributed by atoms with van der Waals surface area (Å²) in [5, 5.41) is 17.0. The summed E-state index contributed by atoms with van der Waals surface area (Å²) in [6.45, 7) is 3.04. The lowest BCUT2D eigenvalue weighted by atomic mass is 10.0. The molecular formula is C15H20BrN3O. The number of halogens is 1. The molecule has 20 heavy (non-hydrogen) atoms. The average Bonchev–Trinajstić information content (AvgIpc) is 2.86. The van der Waals surface area contributed by atoms with Gasteiger partial charge in [0.25, 0.3) is 0 Å². The third-order valence-electron chi connectivity index (χ3n) is 3.40. The Hall–Kier alpha value is -1.17. The van der Waals surface area contributed by atoms with Gasteiger partial charge in [-0.1, -0.05) is 35.0 Å². The lowest BCUT2D eigenvalue weighted by molar-refractivity contribution is 0.243. The smallest absolute Gasteiger partial charge is 0.0627 e. The van der Waals surface area contributed by atoms with Gasteiger partial charge in [-0.15, -0.1) is 0 Å². The molecule has 0 radical (unpaired) electrons. The lowest BCUT2D eigenvalue weighted by Gasteiger charge is -2.19. The van der Waals surface area contributed by atoms with Gasteiger partial charge in [0, 0.05) is 29.8 Å². The van der Waals surface area contributed by atoms with E-state index in [1.54, 1.807) is 10.9 Å². The number of nitrogens with zero attached hydrogens (tertiary/aromatic N) is 2. The van der Waals surface area contributed by atoms with Crippen molar-refractivity contribution in [2.45, 2.75) is 18.9 Å². The van der Waals surface area contributed by atoms with Crippen LogP contribution in [0.15, 0.2) is 41.1 Å². The van der Waals surface area contributed by atoms with E-state index in [4.69, 9.17) is 0 Å². The van der Waals surface area contributed by atoms with Crippen LogP contribution in [0.2, 0.25) is 0 Å². The SMILES string of the molecule is CC(CNC(CO)c1cnn(C)c1)c1cccc(Br)c1. The summed E-state index contributed by atoms with van der Waals surface area (Å²) in [4.78, 5) is 0. The molecule has 1 heterocycles. The Morgan fingerprint density at radius 1 is 1.40 bits per heavy atom. The number of nitrogens with one attached hydrogen (secondary N) is 1. The monoisotopic (exact) mass is 337 g/mol. The summed E-state index contributed by atoms with van der Waals surface area (Å²) in [7, 11) is 1.88. The molecule has 4 nitrogen and oxygen atoms in total. The minimum absolute atomic E-state index is 0.0664. The van der Waals surface area contributed by atoms with Gasteiger partial charge < -0.3 is 10.4 Å². The van der Waals surface area contributed by atoms with Crippen molar-refractivity contribution in [1.29, 1.82) is 0 Å². The van der Waals surface area contributed by atoms with Gasteiger partial charge in [0.2, 0.25) is 0 Å². The summed E-state index contributed by atoms with van der Waals surface area (Å²) < 4.78 is 2.84. The van der Waals surface area contributed by atoms with E-state index in [1.165, 1.54) is 5.56 Å². The Labute approximate surface area is 127 Å². The van der Waals surface area contributed by atoms with Gasteiger partial charge >= 0.3 is 0 Å². The van der Waals surface area contributed by atoms with Crippen molar-refractivity contribution < 1.29 is 5.11 Å². The Balaban J connectivity index is 1.96. The highest BCUT2D eigenvalue weighted by Crippen LogP contribution is 2.20. The molecule has 0 bridgehead atoms. The Morgan fingerprint density at radius 3 is 2.80 bits per heavy atom. The van der Waals surface area contributed by atoms with Gasteiger partial charge in [0.05, 0.1) is 18.8 Å². The molecule has 0 fully saturated rings. The van der Waals surface area contributed by atoms with Crippen LogP contribution in [-0.2, 0) is 7.05 Å². The maximum absolute atomic E-state index is 9.51. The van der Waals surface area contributed by atoms with E-state index >= 15 is 0 Å². The van der Waals surface area contributed by atoms with Crippen molar-refractivity contribution in [2.75, 3.05) is 13.2 Å². The number of aliphatic hydroxyl groups is 1. The number of aryl methyl sites for hydroxylation is 1. The Morgan fingerprint density at radius 2 is 2.20 bits per heavy atom. The van der Waals surface area contributed by atoms with Crippen LogP contribution in [0.1, 0.15) is 30.0 Å². The molecule has 2 aromatic rings. The van der Waals surface area contributed by atoms with Crippen molar-refractivity contribution in [3.63, 3.8) is 0 Å². The molecule has 0 aliphatic heterocycles. The molecule has 0 amide bonds. The van der Waals surface area contributed by atoms with Crippen LogP contribution in [0.5, 0.6) is 0 Å². The molecule has 0 aliphatic rings. The van der Waals surface area contributed by atoms with E-state index < -0.39 is 0 Å². The Bertz CT molecular complexity index is 556. The molecule has 1 aromatic carbocycles. The van der Waals surface area contributed by atoms with Crippen LogP contribution in [0.4, 0.5) is 0 Å². The van der Waals surface area contributed by atoms with E-state index in [-0.39, 0.29) is 12.6 Å². The minimum atomic E-state index is -0.0710. The van der Waals surface area contributed by atoms with Gasteiger partial charge in [-0.05, 0) is 23.6 Å². The normalized spacial score (nSPS) is 14.2. The molecule has 0 saturated carbocycles. The highest BCUT2D eigenvalue weighted by atomic mass is 79.9. The van der Waals surface area contributed by atoms with Gasteiger partial charge in [0.1, 0.15) is 0 Å². The average molecular weight is 338 g/mol. The second-order valence-electron chi connectivity index (χ2n) is 5.05. The molecule has 2 rings (SSSR count). The first-order valence-corrected chi connectivity index (χ1v) is 7.47.